The van der Waals surface area contributed by atoms with E-state index < -0.39 is 5.97 Å². The maximum absolute atomic E-state index is 10.8. The van der Waals surface area contributed by atoms with Crippen LogP contribution in [0, 0.1) is 0 Å². The zero-order chi connectivity index (χ0) is 10.8. The highest BCUT2D eigenvalue weighted by atomic mass is 35.5. The lowest BCUT2D eigenvalue weighted by Gasteiger charge is -2.18. The van der Waals surface area contributed by atoms with Crippen LogP contribution >= 0.6 is 11.6 Å². The molecule has 0 saturated carbocycles. The molecule has 1 aromatic carbocycles. The number of carboxylic acid groups (broad SMARTS) is 1. The molecule has 0 amide bonds. The van der Waals surface area contributed by atoms with E-state index in [0.717, 1.165) is 31.6 Å². The van der Waals surface area contributed by atoms with Crippen LogP contribution < -0.4 is 4.90 Å². The number of hydrogen-bond donors (Lipinski definition) is 1. The molecule has 0 bridgehead atoms. The number of aromatic carboxylic acids is 1. The van der Waals surface area contributed by atoms with Crippen LogP contribution in [0.3, 0.4) is 0 Å². The van der Waals surface area contributed by atoms with Gasteiger partial charge in [-0.3, -0.25) is 0 Å². The average Bonchev–Trinajstić information content (AvgIpc) is 2.69. The molecule has 0 radical (unpaired) electrons. The molecule has 1 N–H and O–H groups in total. The van der Waals surface area contributed by atoms with E-state index in [1.807, 2.05) is 6.07 Å². The molecule has 0 aliphatic carbocycles. The molecule has 15 heavy (non-hydrogen) atoms. The summed E-state index contributed by atoms with van der Waals surface area (Å²) in [5, 5.41) is 9.38. The van der Waals surface area contributed by atoms with Crippen LogP contribution in [0.15, 0.2) is 18.2 Å². The van der Waals surface area contributed by atoms with Gasteiger partial charge in [-0.15, -0.1) is 0 Å². The Kier molecular flexibility index (Phi) is 2.82. The van der Waals surface area contributed by atoms with Gasteiger partial charge in [-0.25, -0.2) is 4.79 Å². The Labute approximate surface area is 93.3 Å². The number of benzene rings is 1. The van der Waals surface area contributed by atoms with Crippen molar-refractivity contribution in [3.05, 3.63) is 28.8 Å². The molecule has 1 aliphatic heterocycles. The van der Waals surface area contributed by atoms with Crippen molar-refractivity contribution in [3.63, 3.8) is 0 Å². The molecule has 0 atom stereocenters. The number of anilines is 1. The second-order valence-corrected chi connectivity index (χ2v) is 4.13. The molecule has 1 aromatic rings. The fourth-order valence-corrected chi connectivity index (χ4v) is 2.08. The molecule has 1 heterocycles. The smallest absolute Gasteiger partial charge is 0.335 e. The highest BCUT2D eigenvalue weighted by molar-refractivity contribution is 6.31. The Hall–Kier alpha value is -1.22. The SMILES string of the molecule is O=C(O)c1cc(Cl)cc(N2CCCC2)c1. The van der Waals surface area contributed by atoms with Gasteiger partial charge >= 0.3 is 5.97 Å². The molecule has 0 aromatic heterocycles. The largest absolute Gasteiger partial charge is 0.478 e. The van der Waals surface area contributed by atoms with Crippen molar-refractivity contribution in [2.45, 2.75) is 12.8 Å². The average molecular weight is 226 g/mol. The van der Waals surface area contributed by atoms with E-state index in [4.69, 9.17) is 16.7 Å². The molecular formula is C11H12ClNO2. The molecule has 2 rings (SSSR count). The molecule has 1 saturated heterocycles. The lowest BCUT2D eigenvalue weighted by Crippen LogP contribution is -2.18. The Balaban J connectivity index is 2.34. The van der Waals surface area contributed by atoms with E-state index in [1.54, 1.807) is 6.07 Å². The van der Waals surface area contributed by atoms with Gasteiger partial charge in [0, 0.05) is 23.8 Å². The third-order valence-corrected chi connectivity index (χ3v) is 2.82. The number of hydrogen-bond acceptors (Lipinski definition) is 2. The van der Waals surface area contributed by atoms with Crippen LogP contribution in [0.4, 0.5) is 5.69 Å². The Morgan fingerprint density at radius 1 is 1.27 bits per heavy atom. The van der Waals surface area contributed by atoms with Gasteiger partial charge < -0.3 is 10.0 Å². The summed E-state index contributed by atoms with van der Waals surface area (Å²) in [6.07, 6.45) is 2.32. The van der Waals surface area contributed by atoms with Gasteiger partial charge in [0.1, 0.15) is 0 Å². The lowest BCUT2D eigenvalue weighted by molar-refractivity contribution is 0.0697. The van der Waals surface area contributed by atoms with Crippen LogP contribution in [-0.2, 0) is 0 Å². The maximum atomic E-state index is 10.8. The van der Waals surface area contributed by atoms with Crippen molar-refractivity contribution < 1.29 is 9.90 Å². The molecule has 0 spiro atoms. The monoisotopic (exact) mass is 225 g/mol. The Morgan fingerprint density at radius 2 is 1.93 bits per heavy atom. The molecule has 3 nitrogen and oxygen atoms in total. The standard InChI is InChI=1S/C11H12ClNO2/c12-9-5-8(11(14)15)6-10(7-9)13-3-1-2-4-13/h5-7H,1-4H2,(H,14,15). The third-order valence-electron chi connectivity index (χ3n) is 2.60. The van der Waals surface area contributed by atoms with Gasteiger partial charge in [0.25, 0.3) is 0 Å². The Bertz CT molecular complexity index is 386. The quantitative estimate of drug-likeness (QED) is 0.841. The summed E-state index contributed by atoms with van der Waals surface area (Å²) >= 11 is 5.88. The van der Waals surface area contributed by atoms with Gasteiger partial charge in [-0.2, -0.15) is 0 Å². The van der Waals surface area contributed by atoms with Crippen LogP contribution in [0.1, 0.15) is 23.2 Å². The summed E-state index contributed by atoms with van der Waals surface area (Å²) in [6, 6.07) is 4.97. The number of nitrogens with zero attached hydrogens (tertiary/aromatic N) is 1. The van der Waals surface area contributed by atoms with E-state index in [0.29, 0.717) is 5.02 Å². The van der Waals surface area contributed by atoms with Gasteiger partial charge in [0.15, 0.2) is 0 Å². The van der Waals surface area contributed by atoms with E-state index in [9.17, 15) is 4.79 Å². The zero-order valence-electron chi connectivity index (χ0n) is 8.24. The van der Waals surface area contributed by atoms with Crippen molar-refractivity contribution in [2.24, 2.45) is 0 Å². The maximum Gasteiger partial charge on any atom is 0.335 e. The number of carboxylic acids is 1. The Morgan fingerprint density at radius 3 is 2.53 bits per heavy atom. The first-order valence-electron chi connectivity index (χ1n) is 4.95. The van der Waals surface area contributed by atoms with Gasteiger partial charge in [-0.05, 0) is 31.0 Å². The molecule has 80 valence electrons. The van der Waals surface area contributed by atoms with Crippen LogP contribution in [0.2, 0.25) is 5.02 Å². The van der Waals surface area contributed by atoms with Crippen LogP contribution in [-0.4, -0.2) is 24.2 Å². The van der Waals surface area contributed by atoms with Gasteiger partial charge in [0.2, 0.25) is 0 Å². The van der Waals surface area contributed by atoms with E-state index in [2.05, 4.69) is 4.90 Å². The predicted molar refractivity (Wildman–Crippen MR) is 59.9 cm³/mol. The van der Waals surface area contributed by atoms with Crippen molar-refractivity contribution in [3.8, 4) is 0 Å². The van der Waals surface area contributed by atoms with Crippen molar-refractivity contribution in [1.29, 1.82) is 0 Å². The van der Waals surface area contributed by atoms with Gasteiger partial charge in [0.05, 0.1) is 5.56 Å². The fraction of sp³-hybridized carbons (Fsp3) is 0.364. The number of halogens is 1. The third kappa shape index (κ3) is 2.23. The van der Waals surface area contributed by atoms with Gasteiger partial charge in [-0.1, -0.05) is 11.6 Å². The summed E-state index contributed by atoms with van der Waals surface area (Å²) < 4.78 is 0. The summed E-state index contributed by atoms with van der Waals surface area (Å²) in [6.45, 7) is 1.97. The lowest BCUT2D eigenvalue weighted by atomic mass is 10.2. The van der Waals surface area contributed by atoms with Crippen LogP contribution in [0.5, 0.6) is 0 Å². The first-order chi connectivity index (χ1) is 7.16. The normalized spacial score (nSPS) is 15.7. The summed E-state index contributed by atoms with van der Waals surface area (Å²) in [4.78, 5) is 13.0. The van der Waals surface area contributed by atoms with E-state index in [-0.39, 0.29) is 5.56 Å². The topological polar surface area (TPSA) is 40.5 Å². The first-order valence-corrected chi connectivity index (χ1v) is 5.33. The molecule has 4 heteroatoms. The van der Waals surface area contributed by atoms with Crippen molar-refractivity contribution >= 4 is 23.3 Å². The summed E-state index contributed by atoms with van der Waals surface area (Å²) in [5.41, 5.74) is 1.17. The highest BCUT2D eigenvalue weighted by Gasteiger charge is 2.15. The summed E-state index contributed by atoms with van der Waals surface area (Å²) in [5.74, 6) is -0.932. The minimum absolute atomic E-state index is 0.254. The molecule has 1 aliphatic rings. The van der Waals surface area contributed by atoms with Crippen LogP contribution in [0.25, 0.3) is 0 Å². The molecular weight excluding hydrogens is 214 g/mol. The first kappa shape index (κ1) is 10.3. The molecule has 1 fully saturated rings. The van der Waals surface area contributed by atoms with E-state index in [1.165, 1.54) is 6.07 Å². The minimum Gasteiger partial charge on any atom is -0.478 e. The fourth-order valence-electron chi connectivity index (χ4n) is 1.86. The number of rotatable bonds is 2. The van der Waals surface area contributed by atoms with Crippen molar-refractivity contribution in [2.75, 3.05) is 18.0 Å². The number of carbonyl (C=O) groups is 1. The highest BCUT2D eigenvalue weighted by Crippen LogP contribution is 2.25. The molecule has 0 unspecified atom stereocenters. The minimum atomic E-state index is -0.932. The van der Waals surface area contributed by atoms with E-state index >= 15 is 0 Å². The second kappa shape index (κ2) is 4.11. The second-order valence-electron chi connectivity index (χ2n) is 3.70. The summed E-state index contributed by atoms with van der Waals surface area (Å²) in [7, 11) is 0. The van der Waals surface area contributed by atoms with Crippen molar-refractivity contribution in [1.82, 2.24) is 0 Å². The zero-order valence-corrected chi connectivity index (χ0v) is 9.00. The predicted octanol–water partition coefficient (Wildman–Crippen LogP) is 2.64.